The number of benzene rings is 1. The molecule has 2 aliphatic rings. The molecule has 1 saturated carbocycles. The summed E-state index contributed by atoms with van der Waals surface area (Å²) < 4.78 is 11.5. The Kier molecular flexibility index (Phi) is 4.40. The first-order chi connectivity index (χ1) is 10.1. The van der Waals surface area contributed by atoms with Gasteiger partial charge in [-0.25, -0.2) is 0 Å². The zero-order chi connectivity index (χ0) is 14.8. The Balaban J connectivity index is 1.71. The molecule has 2 fully saturated rings. The number of amides is 1. The maximum atomic E-state index is 12.6. The van der Waals surface area contributed by atoms with E-state index in [9.17, 15) is 9.00 Å². The number of anilines is 1. The van der Waals surface area contributed by atoms with Gasteiger partial charge in [-0.1, -0.05) is 6.07 Å². The van der Waals surface area contributed by atoms with Crippen LogP contribution in [0.4, 0.5) is 5.69 Å². The summed E-state index contributed by atoms with van der Waals surface area (Å²) in [6.07, 6.45) is 6.36. The third kappa shape index (κ3) is 3.52. The quantitative estimate of drug-likeness (QED) is 0.907. The van der Waals surface area contributed by atoms with Gasteiger partial charge in [0.1, 0.15) is 0 Å². The maximum absolute atomic E-state index is 12.6. The monoisotopic (exact) mass is 306 g/mol. The van der Waals surface area contributed by atoms with Gasteiger partial charge in [-0.3, -0.25) is 13.9 Å². The van der Waals surface area contributed by atoms with E-state index in [-0.39, 0.29) is 11.9 Å². The van der Waals surface area contributed by atoms with Gasteiger partial charge in [0, 0.05) is 27.6 Å². The topological polar surface area (TPSA) is 49.4 Å². The Bertz CT molecular complexity index is 551. The smallest absolute Gasteiger partial charge is 0.242 e. The minimum atomic E-state index is -1.02. The summed E-state index contributed by atoms with van der Waals surface area (Å²) in [6, 6.07) is 7.35. The Morgan fingerprint density at radius 2 is 2.05 bits per heavy atom. The molecule has 0 unspecified atom stereocenters. The van der Waals surface area contributed by atoms with Crippen molar-refractivity contribution in [2.75, 3.05) is 24.7 Å². The van der Waals surface area contributed by atoms with Crippen molar-refractivity contribution in [1.82, 2.24) is 4.90 Å². The molecular weight excluding hydrogens is 284 g/mol. The lowest BCUT2D eigenvalue weighted by molar-refractivity contribution is -0.121. The van der Waals surface area contributed by atoms with Crippen molar-refractivity contribution in [2.45, 2.75) is 36.6 Å². The van der Waals surface area contributed by atoms with Gasteiger partial charge in [-0.05, 0) is 62.9 Å². The van der Waals surface area contributed by atoms with Gasteiger partial charge in [0.2, 0.25) is 5.91 Å². The van der Waals surface area contributed by atoms with Crippen LogP contribution < -0.4 is 5.32 Å². The Labute approximate surface area is 128 Å². The normalized spacial score (nSPS) is 22.0. The zero-order valence-corrected chi connectivity index (χ0v) is 13.2. The summed E-state index contributed by atoms with van der Waals surface area (Å²) in [5, 5.41) is 3.02. The number of carbonyl (C=O) groups excluding carboxylic acids is 1. The van der Waals surface area contributed by atoms with E-state index in [0.717, 1.165) is 36.5 Å². The van der Waals surface area contributed by atoms with Gasteiger partial charge in [0.15, 0.2) is 0 Å². The third-order valence-electron chi connectivity index (χ3n) is 4.30. The van der Waals surface area contributed by atoms with Gasteiger partial charge < -0.3 is 5.32 Å². The van der Waals surface area contributed by atoms with Crippen LogP contribution >= 0.6 is 0 Å². The van der Waals surface area contributed by atoms with Crippen LogP contribution in [0.25, 0.3) is 0 Å². The number of nitrogens with zero attached hydrogens (tertiary/aromatic N) is 1. The summed E-state index contributed by atoms with van der Waals surface area (Å²) in [4.78, 5) is 15.7. The average molecular weight is 306 g/mol. The molecule has 2 atom stereocenters. The van der Waals surface area contributed by atoms with Crippen LogP contribution in [-0.4, -0.2) is 40.4 Å². The SMILES string of the molecule is C[S@@](=O)c1cccc(NC(=O)[C@@H](C2CC2)N2CCCC2)c1. The van der Waals surface area contributed by atoms with E-state index in [0.29, 0.717) is 5.92 Å². The Hall–Kier alpha value is -1.20. The molecule has 1 aliphatic carbocycles. The molecule has 4 nitrogen and oxygen atoms in total. The van der Waals surface area contributed by atoms with Gasteiger partial charge in [0.05, 0.1) is 6.04 Å². The van der Waals surface area contributed by atoms with E-state index in [1.165, 1.54) is 12.8 Å². The molecule has 1 aromatic carbocycles. The number of hydrogen-bond acceptors (Lipinski definition) is 3. The highest BCUT2D eigenvalue weighted by atomic mass is 32.2. The molecule has 1 aliphatic heterocycles. The number of nitrogens with one attached hydrogen (secondary N) is 1. The fourth-order valence-electron chi connectivity index (χ4n) is 3.08. The van der Waals surface area contributed by atoms with Crippen molar-refractivity contribution in [3.05, 3.63) is 24.3 Å². The molecule has 0 radical (unpaired) electrons. The van der Waals surface area contributed by atoms with Crippen molar-refractivity contribution >= 4 is 22.4 Å². The molecule has 1 N–H and O–H groups in total. The summed E-state index contributed by atoms with van der Waals surface area (Å²) in [6.45, 7) is 2.07. The number of carbonyl (C=O) groups is 1. The highest BCUT2D eigenvalue weighted by molar-refractivity contribution is 7.84. The van der Waals surface area contributed by atoms with Crippen molar-refractivity contribution in [2.24, 2.45) is 5.92 Å². The lowest BCUT2D eigenvalue weighted by Gasteiger charge is -2.26. The van der Waals surface area contributed by atoms with Gasteiger partial charge in [-0.2, -0.15) is 0 Å². The van der Waals surface area contributed by atoms with E-state index in [4.69, 9.17) is 0 Å². The summed E-state index contributed by atoms with van der Waals surface area (Å²) in [5.41, 5.74) is 0.748. The molecule has 1 aromatic rings. The second kappa shape index (κ2) is 6.28. The Morgan fingerprint density at radius 3 is 2.67 bits per heavy atom. The van der Waals surface area contributed by atoms with E-state index in [1.54, 1.807) is 6.26 Å². The van der Waals surface area contributed by atoms with Crippen LogP contribution in [0.5, 0.6) is 0 Å². The first-order valence-electron chi connectivity index (χ1n) is 7.63. The van der Waals surface area contributed by atoms with Gasteiger partial charge in [-0.15, -0.1) is 0 Å². The number of rotatable bonds is 5. The first-order valence-corrected chi connectivity index (χ1v) is 9.19. The van der Waals surface area contributed by atoms with E-state index in [2.05, 4.69) is 10.2 Å². The standard InChI is InChI=1S/C16H22N2O2S/c1-21(20)14-6-4-5-13(11-14)17-16(19)15(12-7-8-12)18-9-2-3-10-18/h4-6,11-12,15H,2-3,7-10H2,1H3,(H,17,19)/t15-,21-/m1/s1. The summed E-state index contributed by atoms with van der Waals surface area (Å²) in [7, 11) is -1.02. The van der Waals surface area contributed by atoms with Crippen molar-refractivity contribution < 1.29 is 9.00 Å². The lowest BCUT2D eigenvalue weighted by atomic mass is 10.1. The minimum absolute atomic E-state index is 0.0169. The molecule has 21 heavy (non-hydrogen) atoms. The molecule has 114 valence electrons. The molecule has 0 aromatic heterocycles. The van der Waals surface area contributed by atoms with Gasteiger partial charge in [0.25, 0.3) is 0 Å². The minimum Gasteiger partial charge on any atom is -0.325 e. The maximum Gasteiger partial charge on any atom is 0.242 e. The summed E-state index contributed by atoms with van der Waals surface area (Å²) in [5.74, 6) is 0.616. The number of likely N-dealkylation sites (tertiary alicyclic amines) is 1. The van der Waals surface area contributed by atoms with Crippen molar-refractivity contribution in [3.8, 4) is 0 Å². The van der Waals surface area contributed by atoms with E-state index >= 15 is 0 Å². The predicted molar refractivity (Wildman–Crippen MR) is 84.7 cm³/mol. The van der Waals surface area contributed by atoms with Crippen LogP contribution in [0.15, 0.2) is 29.2 Å². The van der Waals surface area contributed by atoms with E-state index in [1.807, 2.05) is 24.3 Å². The van der Waals surface area contributed by atoms with Crippen molar-refractivity contribution in [1.29, 1.82) is 0 Å². The molecule has 0 bridgehead atoms. The second-order valence-corrected chi connectivity index (χ2v) is 7.38. The predicted octanol–water partition coefficient (Wildman–Crippen LogP) is 2.24. The molecule has 1 amide bonds. The molecular formula is C16H22N2O2S. The molecule has 1 saturated heterocycles. The average Bonchev–Trinajstić information content (AvgIpc) is 3.13. The zero-order valence-electron chi connectivity index (χ0n) is 12.4. The first kappa shape index (κ1) is 14.7. The van der Waals surface area contributed by atoms with Crippen LogP contribution in [-0.2, 0) is 15.6 Å². The van der Waals surface area contributed by atoms with Crippen LogP contribution in [0.2, 0.25) is 0 Å². The highest BCUT2D eigenvalue weighted by Crippen LogP contribution is 2.37. The summed E-state index contributed by atoms with van der Waals surface area (Å²) >= 11 is 0. The lowest BCUT2D eigenvalue weighted by Crippen LogP contribution is -2.44. The van der Waals surface area contributed by atoms with E-state index < -0.39 is 10.8 Å². The molecule has 3 rings (SSSR count). The van der Waals surface area contributed by atoms with Crippen LogP contribution in [0.3, 0.4) is 0 Å². The van der Waals surface area contributed by atoms with Crippen LogP contribution in [0.1, 0.15) is 25.7 Å². The highest BCUT2D eigenvalue weighted by Gasteiger charge is 2.40. The third-order valence-corrected chi connectivity index (χ3v) is 5.22. The molecule has 5 heteroatoms. The fourth-order valence-corrected chi connectivity index (χ4v) is 3.64. The van der Waals surface area contributed by atoms with Crippen LogP contribution in [0, 0.1) is 5.92 Å². The number of hydrogen-bond donors (Lipinski definition) is 1. The second-order valence-electron chi connectivity index (χ2n) is 6.00. The van der Waals surface area contributed by atoms with Crippen molar-refractivity contribution in [3.63, 3.8) is 0 Å². The Morgan fingerprint density at radius 1 is 1.33 bits per heavy atom. The van der Waals surface area contributed by atoms with Gasteiger partial charge >= 0.3 is 0 Å². The molecule has 0 spiro atoms. The fraction of sp³-hybridized carbons (Fsp3) is 0.562. The largest absolute Gasteiger partial charge is 0.325 e. The molecule has 1 heterocycles.